The Kier molecular flexibility index (Phi) is 0.763. The van der Waals surface area contributed by atoms with Gasteiger partial charge in [0.2, 0.25) is 0 Å². The second-order valence-electron chi connectivity index (χ2n) is 6.33. The molecule has 0 spiro atoms. The summed E-state index contributed by atoms with van der Waals surface area (Å²) in [6, 6.07) is 0. The maximum absolute atomic E-state index is 11.6. The summed E-state index contributed by atoms with van der Waals surface area (Å²) in [5.74, 6) is 4.92. The van der Waals surface area contributed by atoms with Crippen LogP contribution in [0, 0.1) is 46.8 Å². The monoisotopic (exact) mass is 190 g/mol. The summed E-state index contributed by atoms with van der Waals surface area (Å²) in [5.41, 5.74) is -0.200. The van der Waals surface area contributed by atoms with Gasteiger partial charge in [0.1, 0.15) is 0 Å². The van der Waals surface area contributed by atoms with Gasteiger partial charge < -0.3 is 5.11 Å². The summed E-state index contributed by atoms with van der Waals surface area (Å²) < 4.78 is 0. The standard InChI is InChI=1S/C12H14O2/c13-11(14)12-7-1-4(7)10(5-2-8(5)12)6-3-9(6)12/h4-10H,1-3H2,(H,13,14). The van der Waals surface area contributed by atoms with Crippen molar-refractivity contribution >= 4 is 5.97 Å². The average molecular weight is 190 g/mol. The lowest BCUT2D eigenvalue weighted by Gasteiger charge is -2.42. The van der Waals surface area contributed by atoms with Crippen LogP contribution in [0.4, 0.5) is 0 Å². The van der Waals surface area contributed by atoms with Crippen LogP contribution in [0.5, 0.6) is 0 Å². The van der Waals surface area contributed by atoms with E-state index in [9.17, 15) is 9.90 Å². The van der Waals surface area contributed by atoms with E-state index in [4.69, 9.17) is 0 Å². The van der Waals surface area contributed by atoms with Crippen LogP contribution < -0.4 is 0 Å². The zero-order valence-corrected chi connectivity index (χ0v) is 8.02. The predicted molar refractivity (Wildman–Crippen MR) is 48.3 cm³/mol. The predicted octanol–water partition coefficient (Wildman–Crippen LogP) is 1.61. The third-order valence-corrected chi connectivity index (χ3v) is 6.21. The Balaban J connectivity index is 1.77. The van der Waals surface area contributed by atoms with Gasteiger partial charge in [0, 0.05) is 0 Å². The van der Waals surface area contributed by atoms with Crippen molar-refractivity contribution in [3.05, 3.63) is 0 Å². The average Bonchev–Trinajstić information content (AvgIpc) is 2.91. The minimum atomic E-state index is -0.428. The number of hydrogen-bond acceptors (Lipinski definition) is 1. The van der Waals surface area contributed by atoms with Crippen molar-refractivity contribution in [2.75, 3.05) is 0 Å². The summed E-state index contributed by atoms with van der Waals surface area (Å²) in [7, 11) is 0. The van der Waals surface area contributed by atoms with E-state index in [-0.39, 0.29) is 5.41 Å². The maximum atomic E-state index is 11.6. The van der Waals surface area contributed by atoms with Crippen LogP contribution in [0.25, 0.3) is 0 Å². The van der Waals surface area contributed by atoms with E-state index in [2.05, 4.69) is 0 Å². The highest BCUT2D eigenvalue weighted by Gasteiger charge is 2.86. The van der Waals surface area contributed by atoms with Crippen LogP contribution in [-0.2, 0) is 4.79 Å². The molecular weight excluding hydrogens is 176 g/mol. The van der Waals surface area contributed by atoms with E-state index in [0.29, 0.717) is 17.8 Å². The summed E-state index contributed by atoms with van der Waals surface area (Å²) in [6.45, 7) is 0. The lowest BCUT2D eigenvalue weighted by molar-refractivity contribution is -0.160. The Morgan fingerprint density at radius 3 is 1.79 bits per heavy atom. The molecule has 6 aliphatic carbocycles. The smallest absolute Gasteiger partial charge is 0.310 e. The summed E-state index contributed by atoms with van der Waals surface area (Å²) >= 11 is 0. The molecule has 74 valence electrons. The van der Waals surface area contributed by atoms with Gasteiger partial charge in [0.25, 0.3) is 0 Å². The van der Waals surface area contributed by atoms with Gasteiger partial charge in [0.15, 0.2) is 0 Å². The molecule has 6 aliphatic rings. The largest absolute Gasteiger partial charge is 0.481 e. The van der Waals surface area contributed by atoms with Gasteiger partial charge in [-0.1, -0.05) is 0 Å². The van der Waals surface area contributed by atoms with Gasteiger partial charge in [-0.15, -0.1) is 0 Å². The van der Waals surface area contributed by atoms with Crippen molar-refractivity contribution in [2.45, 2.75) is 19.3 Å². The van der Waals surface area contributed by atoms with Crippen LogP contribution >= 0.6 is 0 Å². The van der Waals surface area contributed by atoms with E-state index in [1.54, 1.807) is 0 Å². The van der Waals surface area contributed by atoms with Gasteiger partial charge in [-0.25, -0.2) is 0 Å². The third-order valence-electron chi connectivity index (χ3n) is 6.21. The highest BCUT2D eigenvalue weighted by molar-refractivity contribution is 5.79. The molecule has 0 aliphatic heterocycles. The van der Waals surface area contributed by atoms with Crippen LogP contribution in [0.3, 0.4) is 0 Å². The first-order valence-electron chi connectivity index (χ1n) is 5.99. The fraction of sp³-hybridized carbons (Fsp3) is 0.917. The molecule has 0 aromatic heterocycles. The number of rotatable bonds is 1. The molecule has 6 fully saturated rings. The van der Waals surface area contributed by atoms with Crippen molar-refractivity contribution in [2.24, 2.45) is 46.8 Å². The van der Waals surface area contributed by atoms with E-state index >= 15 is 0 Å². The molecule has 1 N–H and O–H groups in total. The second-order valence-corrected chi connectivity index (χ2v) is 6.33. The minimum absolute atomic E-state index is 0.200. The zero-order chi connectivity index (χ0) is 9.24. The first-order chi connectivity index (χ1) is 6.76. The number of aliphatic carboxylic acids is 1. The number of carbonyl (C=O) groups is 1. The van der Waals surface area contributed by atoms with Gasteiger partial charge in [-0.2, -0.15) is 0 Å². The fourth-order valence-electron chi connectivity index (χ4n) is 5.82. The Labute approximate surface area is 82.7 Å². The SMILES string of the molecule is O=C(O)C12C3CC3C(C3CC31)C1CC12. The van der Waals surface area contributed by atoms with E-state index < -0.39 is 5.97 Å². The molecule has 2 nitrogen and oxygen atoms in total. The molecule has 2 heteroatoms. The molecule has 0 aromatic carbocycles. The lowest BCUT2D eigenvalue weighted by atomic mass is 9.60. The molecule has 6 saturated carbocycles. The van der Waals surface area contributed by atoms with Crippen LogP contribution in [0.2, 0.25) is 0 Å². The molecule has 6 rings (SSSR count). The van der Waals surface area contributed by atoms with Crippen molar-refractivity contribution in [3.8, 4) is 0 Å². The Morgan fingerprint density at radius 2 is 1.43 bits per heavy atom. The molecule has 6 atom stereocenters. The molecular formula is C12H14O2. The van der Waals surface area contributed by atoms with Crippen LogP contribution in [-0.4, -0.2) is 11.1 Å². The Morgan fingerprint density at radius 1 is 1.00 bits per heavy atom. The second kappa shape index (κ2) is 1.56. The number of carboxylic acid groups (broad SMARTS) is 1. The van der Waals surface area contributed by atoms with Crippen LogP contribution in [0.1, 0.15) is 19.3 Å². The third kappa shape index (κ3) is 0.440. The fourth-order valence-corrected chi connectivity index (χ4v) is 5.82. The zero-order valence-electron chi connectivity index (χ0n) is 8.02. The van der Waals surface area contributed by atoms with E-state index in [1.165, 1.54) is 19.3 Å². The summed E-state index contributed by atoms with van der Waals surface area (Å²) in [6.07, 6.45) is 3.78. The lowest BCUT2D eigenvalue weighted by Crippen LogP contribution is -2.47. The molecule has 0 saturated heterocycles. The minimum Gasteiger partial charge on any atom is -0.481 e. The number of hydrogen-bond donors (Lipinski definition) is 1. The van der Waals surface area contributed by atoms with Crippen LogP contribution in [0.15, 0.2) is 0 Å². The van der Waals surface area contributed by atoms with Gasteiger partial charge >= 0.3 is 5.97 Å². The highest BCUT2D eigenvalue weighted by atomic mass is 16.4. The van der Waals surface area contributed by atoms with E-state index in [1.807, 2.05) is 0 Å². The van der Waals surface area contributed by atoms with Gasteiger partial charge in [-0.3, -0.25) is 4.79 Å². The molecule has 6 unspecified atom stereocenters. The first kappa shape index (κ1) is 6.86. The summed E-state index contributed by atoms with van der Waals surface area (Å²) in [5, 5.41) is 9.60. The van der Waals surface area contributed by atoms with Gasteiger partial charge in [-0.05, 0) is 60.7 Å². The Hall–Kier alpha value is -0.530. The molecule has 2 bridgehead atoms. The molecule has 0 amide bonds. The highest BCUT2D eigenvalue weighted by Crippen LogP contribution is 2.87. The van der Waals surface area contributed by atoms with Crippen molar-refractivity contribution in [1.29, 1.82) is 0 Å². The Bertz CT molecular complexity index is 329. The molecule has 0 radical (unpaired) electrons. The number of carboxylic acids is 1. The van der Waals surface area contributed by atoms with Crippen molar-refractivity contribution in [1.82, 2.24) is 0 Å². The van der Waals surface area contributed by atoms with Gasteiger partial charge in [0.05, 0.1) is 5.41 Å². The molecule has 14 heavy (non-hydrogen) atoms. The van der Waals surface area contributed by atoms with Crippen molar-refractivity contribution < 1.29 is 9.90 Å². The quantitative estimate of drug-likeness (QED) is 0.682. The van der Waals surface area contributed by atoms with Crippen molar-refractivity contribution in [3.63, 3.8) is 0 Å². The maximum Gasteiger partial charge on any atom is 0.310 e. The molecule has 0 heterocycles. The first-order valence-corrected chi connectivity index (χ1v) is 5.99. The topological polar surface area (TPSA) is 37.3 Å². The molecule has 0 aromatic rings. The normalized spacial score (nSPS) is 74.4. The van der Waals surface area contributed by atoms with E-state index in [0.717, 1.165) is 23.7 Å². The summed E-state index contributed by atoms with van der Waals surface area (Å²) in [4.78, 5) is 11.6.